The maximum atomic E-state index is 13.2. The number of likely N-dealkylation sites (N-methyl/N-ethyl adjacent to an activating group) is 1. The first-order chi connectivity index (χ1) is 17.6. The van der Waals surface area contributed by atoms with Crippen LogP contribution in [0.15, 0.2) is 18.3 Å². The van der Waals surface area contributed by atoms with Crippen LogP contribution in [-0.4, -0.2) is 83.2 Å². The molecule has 3 N–H and O–H groups in total. The molecule has 2 aliphatic rings. The van der Waals surface area contributed by atoms with Crippen molar-refractivity contribution < 1.29 is 19.2 Å². The third-order valence-corrected chi connectivity index (χ3v) is 7.97. The van der Waals surface area contributed by atoms with Crippen molar-refractivity contribution in [1.82, 2.24) is 30.4 Å². The number of fused-ring (bicyclic) bond motifs is 1. The number of carbonyl (C=O) groups excluding carboxylic acids is 4. The fourth-order valence-corrected chi connectivity index (χ4v) is 5.88. The van der Waals surface area contributed by atoms with Gasteiger partial charge in [0.1, 0.15) is 0 Å². The molecule has 4 rings (SSSR count). The van der Waals surface area contributed by atoms with Gasteiger partial charge >= 0.3 is 11.8 Å². The van der Waals surface area contributed by atoms with Gasteiger partial charge in [-0.15, -0.1) is 11.3 Å². The SMILES string of the molecule is CN1CCc2nc(C(=O)N[C@@H]3C[C@@H](C(=O)N(C)C)CC[C@@H]3NC(=O)C(=O)Nc3ncccc3Cl)sc2C1. The zero-order valence-electron chi connectivity index (χ0n) is 20.9. The number of halogens is 1. The minimum absolute atomic E-state index is 0.0423. The summed E-state index contributed by atoms with van der Waals surface area (Å²) in [6, 6.07) is 2.04. The first-order valence-corrected chi connectivity index (χ1v) is 13.2. The number of amides is 4. The topological polar surface area (TPSA) is 137 Å². The summed E-state index contributed by atoms with van der Waals surface area (Å²) in [5, 5.41) is 8.66. The lowest BCUT2D eigenvalue weighted by Gasteiger charge is -2.37. The van der Waals surface area contributed by atoms with Gasteiger partial charge in [0.05, 0.1) is 16.8 Å². The molecule has 3 atom stereocenters. The van der Waals surface area contributed by atoms with Gasteiger partial charge in [0.25, 0.3) is 5.91 Å². The second kappa shape index (κ2) is 11.5. The van der Waals surface area contributed by atoms with Crippen molar-refractivity contribution >= 4 is 52.4 Å². The lowest BCUT2D eigenvalue weighted by molar-refractivity contribution is -0.137. The molecule has 1 aliphatic carbocycles. The first-order valence-electron chi connectivity index (χ1n) is 12.0. The molecule has 37 heavy (non-hydrogen) atoms. The normalized spacial score (nSPS) is 21.5. The van der Waals surface area contributed by atoms with E-state index in [2.05, 4.69) is 30.8 Å². The smallest absolute Gasteiger partial charge is 0.314 e. The lowest BCUT2D eigenvalue weighted by Crippen LogP contribution is -2.57. The van der Waals surface area contributed by atoms with E-state index in [1.807, 2.05) is 7.05 Å². The Labute approximate surface area is 224 Å². The van der Waals surface area contributed by atoms with Gasteiger partial charge in [0.2, 0.25) is 5.91 Å². The third kappa shape index (κ3) is 6.43. The Hall–Kier alpha value is -3.09. The molecule has 0 unspecified atom stereocenters. The molecule has 198 valence electrons. The van der Waals surface area contributed by atoms with Crippen molar-refractivity contribution in [3.05, 3.63) is 38.9 Å². The van der Waals surface area contributed by atoms with Crippen LogP contribution in [0.4, 0.5) is 5.82 Å². The van der Waals surface area contributed by atoms with E-state index in [0.717, 1.165) is 30.1 Å². The number of aromatic nitrogens is 2. The number of nitrogens with zero attached hydrogens (tertiary/aromatic N) is 4. The van der Waals surface area contributed by atoms with Crippen LogP contribution in [0, 0.1) is 5.92 Å². The predicted molar refractivity (Wildman–Crippen MR) is 139 cm³/mol. The van der Waals surface area contributed by atoms with Crippen LogP contribution < -0.4 is 16.0 Å². The lowest BCUT2D eigenvalue weighted by atomic mass is 9.81. The van der Waals surface area contributed by atoms with E-state index < -0.39 is 23.9 Å². The Kier molecular flexibility index (Phi) is 8.40. The summed E-state index contributed by atoms with van der Waals surface area (Å²) >= 11 is 7.38. The maximum absolute atomic E-state index is 13.2. The van der Waals surface area contributed by atoms with Crippen molar-refractivity contribution in [3.8, 4) is 0 Å². The molecule has 2 aromatic heterocycles. The van der Waals surface area contributed by atoms with Crippen LogP contribution in [0.3, 0.4) is 0 Å². The predicted octanol–water partition coefficient (Wildman–Crippen LogP) is 1.29. The number of thiazole rings is 1. The number of hydrogen-bond donors (Lipinski definition) is 3. The maximum Gasteiger partial charge on any atom is 0.314 e. The Morgan fingerprint density at radius 2 is 1.92 bits per heavy atom. The summed E-state index contributed by atoms with van der Waals surface area (Å²) < 4.78 is 0. The molecule has 1 fully saturated rings. The van der Waals surface area contributed by atoms with Crippen LogP contribution in [-0.2, 0) is 27.3 Å². The Morgan fingerprint density at radius 1 is 1.14 bits per heavy atom. The second-order valence-electron chi connectivity index (χ2n) is 9.57. The van der Waals surface area contributed by atoms with Crippen molar-refractivity contribution in [2.75, 3.05) is 33.0 Å². The fraction of sp³-hybridized carbons (Fsp3) is 0.500. The average molecular weight is 548 g/mol. The molecule has 2 aromatic rings. The summed E-state index contributed by atoms with van der Waals surface area (Å²) in [6.45, 7) is 1.63. The molecular formula is C24H30ClN7O4S. The molecule has 1 saturated carbocycles. The van der Waals surface area contributed by atoms with Crippen LogP contribution in [0.5, 0.6) is 0 Å². The van der Waals surface area contributed by atoms with Gasteiger partial charge in [0.15, 0.2) is 10.8 Å². The van der Waals surface area contributed by atoms with Gasteiger partial charge in [-0.3, -0.25) is 19.2 Å². The average Bonchev–Trinajstić information content (AvgIpc) is 3.29. The van der Waals surface area contributed by atoms with E-state index in [-0.39, 0.29) is 28.6 Å². The molecule has 1 aliphatic heterocycles. The van der Waals surface area contributed by atoms with Gasteiger partial charge in [0, 0.05) is 56.6 Å². The number of hydrogen-bond acceptors (Lipinski definition) is 8. The van der Waals surface area contributed by atoms with E-state index in [0.29, 0.717) is 24.3 Å². The van der Waals surface area contributed by atoms with Crippen molar-refractivity contribution in [2.24, 2.45) is 5.92 Å². The summed E-state index contributed by atoms with van der Waals surface area (Å²) in [4.78, 5) is 64.3. The van der Waals surface area contributed by atoms with Gasteiger partial charge < -0.3 is 25.8 Å². The Morgan fingerprint density at radius 3 is 2.65 bits per heavy atom. The molecule has 13 heteroatoms. The molecule has 0 saturated heterocycles. The highest BCUT2D eigenvalue weighted by molar-refractivity contribution is 7.13. The summed E-state index contributed by atoms with van der Waals surface area (Å²) in [5.74, 6) is -2.43. The number of anilines is 1. The van der Waals surface area contributed by atoms with Crippen LogP contribution in [0.25, 0.3) is 0 Å². The zero-order valence-corrected chi connectivity index (χ0v) is 22.5. The molecule has 11 nitrogen and oxygen atoms in total. The minimum atomic E-state index is -0.922. The van der Waals surface area contributed by atoms with E-state index in [1.165, 1.54) is 22.4 Å². The quantitative estimate of drug-likeness (QED) is 0.480. The van der Waals surface area contributed by atoms with Crippen LogP contribution in [0.1, 0.15) is 39.6 Å². The highest BCUT2D eigenvalue weighted by Crippen LogP contribution is 2.28. The summed E-state index contributed by atoms with van der Waals surface area (Å²) in [7, 11) is 5.40. The molecule has 0 aromatic carbocycles. The summed E-state index contributed by atoms with van der Waals surface area (Å²) in [6.07, 6.45) is 3.49. The zero-order chi connectivity index (χ0) is 26.7. The van der Waals surface area contributed by atoms with Gasteiger partial charge in [-0.2, -0.15) is 0 Å². The van der Waals surface area contributed by atoms with Crippen molar-refractivity contribution in [2.45, 2.75) is 44.3 Å². The second-order valence-corrected chi connectivity index (χ2v) is 11.1. The fourth-order valence-electron chi connectivity index (χ4n) is 4.62. The van der Waals surface area contributed by atoms with Gasteiger partial charge in [-0.1, -0.05) is 11.6 Å². The molecule has 4 amide bonds. The third-order valence-electron chi connectivity index (χ3n) is 6.59. The molecule has 0 spiro atoms. The molecule has 3 heterocycles. The van der Waals surface area contributed by atoms with E-state index in [1.54, 1.807) is 26.2 Å². The van der Waals surface area contributed by atoms with Crippen molar-refractivity contribution in [1.29, 1.82) is 0 Å². The number of pyridine rings is 1. The monoisotopic (exact) mass is 547 g/mol. The number of rotatable bonds is 5. The Bertz CT molecular complexity index is 1200. The Balaban J connectivity index is 1.47. The molecule has 0 bridgehead atoms. The molecule has 0 radical (unpaired) electrons. The van der Waals surface area contributed by atoms with Gasteiger partial charge in [-0.25, -0.2) is 9.97 Å². The minimum Gasteiger partial charge on any atom is -0.349 e. The largest absolute Gasteiger partial charge is 0.349 e. The van der Waals surface area contributed by atoms with Crippen LogP contribution >= 0.6 is 22.9 Å². The molecular weight excluding hydrogens is 518 g/mol. The van der Waals surface area contributed by atoms with Gasteiger partial charge in [-0.05, 0) is 38.4 Å². The summed E-state index contributed by atoms with van der Waals surface area (Å²) in [5.41, 5.74) is 0.937. The standard InChI is InChI=1S/C24H30ClN7O4S/c1-31(2)24(36)13-6-7-15(27-20(33)21(34)30-19-14(25)5-4-9-26-19)17(11-13)28-22(35)23-29-16-8-10-32(3)12-18(16)37-23/h4-5,9,13,15,17H,6-8,10-12H2,1-3H3,(H,27,33)(H,28,35)(H,26,30,34)/t13-,15-,17+/m0/s1. The first kappa shape index (κ1) is 27.0. The number of nitrogens with one attached hydrogen (secondary N) is 3. The highest BCUT2D eigenvalue weighted by Gasteiger charge is 2.37. The van der Waals surface area contributed by atoms with Crippen molar-refractivity contribution in [3.63, 3.8) is 0 Å². The highest BCUT2D eigenvalue weighted by atomic mass is 35.5. The van der Waals surface area contributed by atoms with Crippen LogP contribution in [0.2, 0.25) is 5.02 Å². The number of carbonyl (C=O) groups is 4. The van der Waals surface area contributed by atoms with E-state index >= 15 is 0 Å². The van der Waals surface area contributed by atoms with E-state index in [4.69, 9.17) is 11.6 Å². The van der Waals surface area contributed by atoms with E-state index in [9.17, 15) is 19.2 Å².